The predicted molar refractivity (Wildman–Crippen MR) is 82.6 cm³/mol. The van der Waals surface area contributed by atoms with E-state index in [4.69, 9.17) is 11.6 Å². The van der Waals surface area contributed by atoms with E-state index < -0.39 is 0 Å². The third-order valence-corrected chi connectivity index (χ3v) is 3.34. The first kappa shape index (κ1) is 16.5. The number of aliphatic hydroxyl groups excluding tert-OH is 1. The molecular formula is C16H26ClNO. The van der Waals surface area contributed by atoms with E-state index in [9.17, 15) is 5.11 Å². The van der Waals surface area contributed by atoms with E-state index in [0.29, 0.717) is 6.54 Å². The smallest absolute Gasteiger partial charge is 0.0669 e. The van der Waals surface area contributed by atoms with Gasteiger partial charge in [-0.25, -0.2) is 0 Å². The highest BCUT2D eigenvalue weighted by Gasteiger charge is 2.18. The van der Waals surface area contributed by atoms with E-state index in [1.165, 1.54) is 5.56 Å². The van der Waals surface area contributed by atoms with E-state index in [0.717, 1.165) is 17.9 Å². The zero-order valence-corrected chi connectivity index (χ0v) is 13.2. The van der Waals surface area contributed by atoms with Crippen LogP contribution in [0.4, 0.5) is 0 Å². The number of halogens is 1. The van der Waals surface area contributed by atoms with Crippen LogP contribution in [0.15, 0.2) is 24.3 Å². The Kier molecular flexibility index (Phi) is 6.31. The summed E-state index contributed by atoms with van der Waals surface area (Å²) in [7, 11) is 0. The van der Waals surface area contributed by atoms with Gasteiger partial charge >= 0.3 is 0 Å². The van der Waals surface area contributed by atoms with Gasteiger partial charge in [0, 0.05) is 17.6 Å². The van der Waals surface area contributed by atoms with Crippen LogP contribution in [0.3, 0.4) is 0 Å². The number of aliphatic hydroxyl groups is 1. The van der Waals surface area contributed by atoms with Crippen molar-refractivity contribution in [1.82, 2.24) is 5.32 Å². The maximum Gasteiger partial charge on any atom is 0.0669 e. The van der Waals surface area contributed by atoms with Gasteiger partial charge in [0.25, 0.3) is 0 Å². The van der Waals surface area contributed by atoms with E-state index in [1.807, 2.05) is 18.2 Å². The Morgan fingerprint density at radius 2 is 2.00 bits per heavy atom. The van der Waals surface area contributed by atoms with Crippen LogP contribution in [0.2, 0.25) is 5.02 Å². The minimum absolute atomic E-state index is 0.152. The fraction of sp³-hybridized carbons (Fsp3) is 0.625. The molecular weight excluding hydrogens is 258 g/mol. The van der Waals surface area contributed by atoms with Gasteiger partial charge in [-0.1, -0.05) is 51.4 Å². The summed E-state index contributed by atoms with van der Waals surface area (Å²) < 4.78 is 0. The second kappa shape index (κ2) is 7.28. The quantitative estimate of drug-likeness (QED) is 0.821. The molecule has 3 heteroatoms. The van der Waals surface area contributed by atoms with Crippen molar-refractivity contribution < 1.29 is 5.11 Å². The molecule has 2 nitrogen and oxygen atoms in total. The second-order valence-corrected chi connectivity index (χ2v) is 6.78. The number of nitrogens with one attached hydrogen (secondary N) is 1. The Bertz CT molecular complexity index is 387. The average molecular weight is 284 g/mol. The summed E-state index contributed by atoms with van der Waals surface area (Å²) >= 11 is 6.02. The lowest BCUT2D eigenvalue weighted by Crippen LogP contribution is -2.32. The zero-order chi connectivity index (χ0) is 14.5. The highest BCUT2D eigenvalue weighted by Crippen LogP contribution is 2.22. The molecule has 1 aromatic rings. The maximum atomic E-state index is 10.0. The molecule has 0 fully saturated rings. The summed E-state index contributed by atoms with van der Waals surface area (Å²) in [6.07, 6.45) is 1.46. The molecule has 0 heterocycles. The summed E-state index contributed by atoms with van der Waals surface area (Å²) in [5.74, 6) is 0. The molecule has 19 heavy (non-hydrogen) atoms. The fourth-order valence-corrected chi connectivity index (χ4v) is 2.48. The van der Waals surface area contributed by atoms with Crippen molar-refractivity contribution in [3.8, 4) is 0 Å². The first-order valence-corrected chi connectivity index (χ1v) is 7.36. The van der Waals surface area contributed by atoms with E-state index in [1.54, 1.807) is 0 Å². The van der Waals surface area contributed by atoms with Crippen molar-refractivity contribution in [1.29, 1.82) is 0 Å². The molecule has 2 N–H and O–H groups in total. The van der Waals surface area contributed by atoms with Gasteiger partial charge in [-0.05, 0) is 36.0 Å². The Hall–Kier alpha value is -0.570. The Morgan fingerprint density at radius 1 is 1.32 bits per heavy atom. The van der Waals surface area contributed by atoms with Crippen molar-refractivity contribution in [2.45, 2.75) is 52.7 Å². The van der Waals surface area contributed by atoms with E-state index >= 15 is 0 Å². The Morgan fingerprint density at radius 3 is 2.53 bits per heavy atom. The highest BCUT2D eigenvalue weighted by molar-refractivity contribution is 6.30. The van der Waals surface area contributed by atoms with Crippen molar-refractivity contribution in [3.63, 3.8) is 0 Å². The van der Waals surface area contributed by atoms with Crippen molar-refractivity contribution in [2.75, 3.05) is 6.54 Å². The third kappa shape index (κ3) is 6.42. The Balaban J connectivity index is 2.54. The number of hydrogen-bond acceptors (Lipinski definition) is 2. The van der Waals surface area contributed by atoms with E-state index in [2.05, 4.69) is 39.1 Å². The van der Waals surface area contributed by atoms with Crippen LogP contribution in [0.5, 0.6) is 0 Å². The molecule has 108 valence electrons. The van der Waals surface area contributed by atoms with Crippen LogP contribution in [0.25, 0.3) is 0 Å². The van der Waals surface area contributed by atoms with Crippen molar-refractivity contribution in [3.05, 3.63) is 34.9 Å². The van der Waals surface area contributed by atoms with Gasteiger partial charge in [-0.15, -0.1) is 0 Å². The molecule has 0 aromatic heterocycles. The molecule has 2 unspecified atom stereocenters. The lowest BCUT2D eigenvalue weighted by Gasteiger charge is -2.25. The van der Waals surface area contributed by atoms with Gasteiger partial charge in [-0.2, -0.15) is 0 Å². The molecule has 0 bridgehead atoms. The largest absolute Gasteiger partial charge is 0.392 e. The minimum Gasteiger partial charge on any atom is -0.392 e. The fourth-order valence-electron chi connectivity index (χ4n) is 2.28. The standard InChI is InChI=1S/C16H26ClNO/c1-5-15(12-7-6-8-13(17)9-12)18-11-14(19)10-16(2,3)4/h6-9,14-15,18-19H,5,10-11H2,1-4H3. The number of benzene rings is 1. The summed E-state index contributed by atoms with van der Waals surface area (Å²) in [5, 5.41) is 14.2. The lowest BCUT2D eigenvalue weighted by atomic mass is 9.89. The molecule has 0 amide bonds. The van der Waals surface area contributed by atoms with Crippen LogP contribution in [-0.4, -0.2) is 17.8 Å². The van der Waals surface area contributed by atoms with Gasteiger partial charge < -0.3 is 10.4 Å². The van der Waals surface area contributed by atoms with Gasteiger partial charge in [0.1, 0.15) is 0 Å². The summed E-state index contributed by atoms with van der Waals surface area (Å²) in [5.41, 5.74) is 1.33. The molecule has 0 spiro atoms. The van der Waals surface area contributed by atoms with Crippen LogP contribution in [-0.2, 0) is 0 Å². The summed E-state index contributed by atoms with van der Waals surface area (Å²) in [6.45, 7) is 9.18. The number of hydrogen-bond donors (Lipinski definition) is 2. The molecule has 0 radical (unpaired) electrons. The van der Waals surface area contributed by atoms with Crippen LogP contribution in [0.1, 0.15) is 52.1 Å². The topological polar surface area (TPSA) is 32.3 Å². The zero-order valence-electron chi connectivity index (χ0n) is 12.4. The minimum atomic E-state index is -0.312. The predicted octanol–water partition coefficient (Wildman–Crippen LogP) is 4.18. The highest BCUT2D eigenvalue weighted by atomic mass is 35.5. The number of rotatable bonds is 6. The Labute approximate surface area is 122 Å². The SMILES string of the molecule is CCC(NCC(O)CC(C)(C)C)c1cccc(Cl)c1. The maximum absolute atomic E-state index is 10.0. The molecule has 0 aliphatic heterocycles. The van der Waals surface area contributed by atoms with Crippen molar-refractivity contribution in [2.24, 2.45) is 5.41 Å². The van der Waals surface area contributed by atoms with E-state index in [-0.39, 0.29) is 17.6 Å². The van der Waals surface area contributed by atoms with Gasteiger partial charge in [0.15, 0.2) is 0 Å². The van der Waals surface area contributed by atoms with Gasteiger partial charge in [0.2, 0.25) is 0 Å². The van der Waals surface area contributed by atoms with Crippen LogP contribution in [0, 0.1) is 5.41 Å². The van der Waals surface area contributed by atoms with Crippen LogP contribution >= 0.6 is 11.6 Å². The molecule has 1 rings (SSSR count). The molecule has 0 aliphatic rings. The molecule has 1 aromatic carbocycles. The second-order valence-electron chi connectivity index (χ2n) is 6.34. The molecule has 0 saturated heterocycles. The summed E-state index contributed by atoms with van der Waals surface area (Å²) in [6, 6.07) is 8.15. The van der Waals surface area contributed by atoms with Crippen molar-refractivity contribution >= 4 is 11.6 Å². The first-order chi connectivity index (χ1) is 8.81. The molecule has 0 aliphatic carbocycles. The first-order valence-electron chi connectivity index (χ1n) is 6.98. The third-order valence-electron chi connectivity index (χ3n) is 3.11. The molecule has 2 atom stereocenters. The van der Waals surface area contributed by atoms with Crippen LogP contribution < -0.4 is 5.32 Å². The van der Waals surface area contributed by atoms with Gasteiger partial charge in [0.05, 0.1) is 6.10 Å². The lowest BCUT2D eigenvalue weighted by molar-refractivity contribution is 0.116. The monoisotopic (exact) mass is 283 g/mol. The summed E-state index contributed by atoms with van der Waals surface area (Å²) in [4.78, 5) is 0. The molecule has 0 saturated carbocycles. The average Bonchev–Trinajstić information content (AvgIpc) is 2.27. The normalized spacial score (nSPS) is 15.3. The van der Waals surface area contributed by atoms with Gasteiger partial charge in [-0.3, -0.25) is 0 Å².